The number of aliphatic carboxylic acids is 1. The van der Waals surface area contributed by atoms with Crippen molar-refractivity contribution in [2.24, 2.45) is 5.92 Å². The molecule has 0 saturated heterocycles. The third-order valence-electron chi connectivity index (χ3n) is 2.73. The summed E-state index contributed by atoms with van der Waals surface area (Å²) in [7, 11) is 0. The molecular weight excluding hydrogens is 222 g/mol. The molecule has 0 aromatic heterocycles. The van der Waals surface area contributed by atoms with Crippen molar-refractivity contribution < 1.29 is 19.8 Å². The molecular formula is C12H23NO4. The Kier molecular flexibility index (Phi) is 7.54. The SMILES string of the molecule is CCC(CC)C(=O)N(CCC(=O)O)CC(C)O. The fraction of sp³-hybridized carbons (Fsp3) is 0.833. The van der Waals surface area contributed by atoms with E-state index >= 15 is 0 Å². The summed E-state index contributed by atoms with van der Waals surface area (Å²) in [5.41, 5.74) is 0. The molecule has 0 heterocycles. The number of nitrogens with zero attached hydrogens (tertiary/aromatic N) is 1. The van der Waals surface area contributed by atoms with E-state index in [2.05, 4.69) is 0 Å². The Morgan fingerprint density at radius 1 is 1.24 bits per heavy atom. The van der Waals surface area contributed by atoms with Gasteiger partial charge in [-0.05, 0) is 19.8 Å². The first-order valence-corrected chi connectivity index (χ1v) is 6.10. The minimum atomic E-state index is -0.932. The molecule has 0 aromatic carbocycles. The lowest BCUT2D eigenvalue weighted by Crippen LogP contribution is -2.41. The van der Waals surface area contributed by atoms with Crippen LogP contribution in [-0.2, 0) is 9.59 Å². The average Bonchev–Trinajstić information content (AvgIpc) is 2.25. The molecule has 17 heavy (non-hydrogen) atoms. The molecule has 0 rings (SSSR count). The minimum absolute atomic E-state index is 0.0582. The number of aliphatic hydroxyl groups is 1. The van der Waals surface area contributed by atoms with Gasteiger partial charge in [0.05, 0.1) is 12.5 Å². The van der Waals surface area contributed by atoms with Crippen molar-refractivity contribution in [3.8, 4) is 0 Å². The Morgan fingerprint density at radius 2 is 1.76 bits per heavy atom. The smallest absolute Gasteiger partial charge is 0.305 e. The van der Waals surface area contributed by atoms with Crippen LogP contribution in [0.2, 0.25) is 0 Å². The van der Waals surface area contributed by atoms with Crippen molar-refractivity contribution in [2.75, 3.05) is 13.1 Å². The highest BCUT2D eigenvalue weighted by Crippen LogP contribution is 2.12. The van der Waals surface area contributed by atoms with Crippen molar-refractivity contribution in [2.45, 2.75) is 46.1 Å². The second-order valence-electron chi connectivity index (χ2n) is 4.29. The van der Waals surface area contributed by atoms with Gasteiger partial charge in [-0.1, -0.05) is 13.8 Å². The van der Waals surface area contributed by atoms with E-state index in [1.165, 1.54) is 4.90 Å². The number of carbonyl (C=O) groups excluding carboxylic acids is 1. The van der Waals surface area contributed by atoms with Crippen LogP contribution in [0.5, 0.6) is 0 Å². The predicted octanol–water partition coefficient (Wildman–Crippen LogP) is 1.11. The van der Waals surface area contributed by atoms with Crippen molar-refractivity contribution in [3.05, 3.63) is 0 Å². The number of rotatable bonds is 8. The van der Waals surface area contributed by atoms with Crippen molar-refractivity contribution in [1.29, 1.82) is 0 Å². The van der Waals surface area contributed by atoms with Gasteiger partial charge in [-0.3, -0.25) is 9.59 Å². The average molecular weight is 245 g/mol. The van der Waals surface area contributed by atoms with E-state index in [0.29, 0.717) is 0 Å². The van der Waals surface area contributed by atoms with Crippen molar-refractivity contribution in [3.63, 3.8) is 0 Å². The monoisotopic (exact) mass is 245 g/mol. The number of hydrogen-bond acceptors (Lipinski definition) is 3. The quantitative estimate of drug-likeness (QED) is 0.671. The summed E-state index contributed by atoms with van der Waals surface area (Å²) in [6.45, 7) is 5.82. The van der Waals surface area contributed by atoms with Gasteiger partial charge in [0, 0.05) is 19.0 Å². The number of carbonyl (C=O) groups is 2. The van der Waals surface area contributed by atoms with E-state index in [1.807, 2.05) is 13.8 Å². The zero-order chi connectivity index (χ0) is 13.4. The largest absolute Gasteiger partial charge is 0.481 e. The summed E-state index contributed by atoms with van der Waals surface area (Å²) in [6, 6.07) is 0. The standard InChI is InChI=1S/C12H23NO4/c1-4-10(5-2)12(17)13(8-9(3)14)7-6-11(15)16/h9-10,14H,4-8H2,1-3H3,(H,15,16). The summed E-state index contributed by atoms with van der Waals surface area (Å²) in [4.78, 5) is 24.1. The molecule has 5 nitrogen and oxygen atoms in total. The molecule has 0 spiro atoms. The molecule has 0 aliphatic rings. The Hall–Kier alpha value is -1.10. The minimum Gasteiger partial charge on any atom is -0.481 e. The lowest BCUT2D eigenvalue weighted by Gasteiger charge is -2.27. The van der Waals surface area contributed by atoms with E-state index in [0.717, 1.165) is 12.8 Å². The van der Waals surface area contributed by atoms with Gasteiger partial charge in [0.25, 0.3) is 0 Å². The number of amides is 1. The Labute approximate surface area is 102 Å². The van der Waals surface area contributed by atoms with Crippen LogP contribution >= 0.6 is 0 Å². The molecule has 1 unspecified atom stereocenters. The van der Waals surface area contributed by atoms with Crippen LogP contribution in [-0.4, -0.2) is 46.2 Å². The van der Waals surface area contributed by atoms with Gasteiger partial charge < -0.3 is 15.1 Å². The summed E-state index contributed by atoms with van der Waals surface area (Å²) >= 11 is 0. The fourth-order valence-corrected chi connectivity index (χ4v) is 1.74. The molecule has 1 amide bonds. The molecule has 0 saturated carbocycles. The molecule has 0 aliphatic carbocycles. The first-order valence-electron chi connectivity index (χ1n) is 6.10. The van der Waals surface area contributed by atoms with Crippen LogP contribution in [0.4, 0.5) is 0 Å². The predicted molar refractivity (Wildman–Crippen MR) is 64.6 cm³/mol. The van der Waals surface area contributed by atoms with Crippen LogP contribution in [0.3, 0.4) is 0 Å². The maximum absolute atomic E-state index is 12.1. The van der Waals surface area contributed by atoms with Gasteiger partial charge in [-0.2, -0.15) is 0 Å². The lowest BCUT2D eigenvalue weighted by atomic mass is 10.0. The normalized spacial score (nSPS) is 12.5. The first kappa shape index (κ1) is 15.9. The zero-order valence-corrected chi connectivity index (χ0v) is 10.8. The van der Waals surface area contributed by atoms with Gasteiger partial charge >= 0.3 is 5.97 Å². The van der Waals surface area contributed by atoms with E-state index in [9.17, 15) is 14.7 Å². The molecule has 2 N–H and O–H groups in total. The molecule has 0 fully saturated rings. The van der Waals surface area contributed by atoms with Crippen molar-refractivity contribution in [1.82, 2.24) is 4.90 Å². The van der Waals surface area contributed by atoms with E-state index in [4.69, 9.17) is 5.11 Å². The highest BCUT2D eigenvalue weighted by molar-refractivity contribution is 5.79. The Bertz CT molecular complexity index is 249. The molecule has 0 bridgehead atoms. The molecule has 0 aromatic rings. The maximum Gasteiger partial charge on any atom is 0.305 e. The fourth-order valence-electron chi connectivity index (χ4n) is 1.74. The summed E-state index contributed by atoms with van der Waals surface area (Å²) < 4.78 is 0. The van der Waals surface area contributed by atoms with Crippen LogP contribution in [0.1, 0.15) is 40.0 Å². The Balaban J connectivity index is 4.53. The van der Waals surface area contributed by atoms with Gasteiger partial charge in [0.1, 0.15) is 0 Å². The highest BCUT2D eigenvalue weighted by Gasteiger charge is 2.22. The van der Waals surface area contributed by atoms with Gasteiger partial charge in [0.2, 0.25) is 5.91 Å². The van der Waals surface area contributed by atoms with Crippen LogP contribution in [0.15, 0.2) is 0 Å². The molecule has 100 valence electrons. The second-order valence-corrected chi connectivity index (χ2v) is 4.29. The van der Waals surface area contributed by atoms with Crippen molar-refractivity contribution >= 4 is 11.9 Å². The van der Waals surface area contributed by atoms with Gasteiger partial charge in [-0.15, -0.1) is 0 Å². The number of carboxylic acid groups (broad SMARTS) is 1. The molecule has 5 heteroatoms. The molecule has 0 radical (unpaired) electrons. The molecule has 1 atom stereocenters. The summed E-state index contributed by atoms with van der Waals surface area (Å²) in [5.74, 6) is -1.07. The lowest BCUT2D eigenvalue weighted by molar-refractivity contribution is -0.140. The van der Waals surface area contributed by atoms with Crippen LogP contribution < -0.4 is 0 Å². The topological polar surface area (TPSA) is 77.8 Å². The zero-order valence-electron chi connectivity index (χ0n) is 10.8. The van der Waals surface area contributed by atoms with E-state index in [1.54, 1.807) is 6.92 Å². The van der Waals surface area contributed by atoms with Crippen LogP contribution in [0.25, 0.3) is 0 Å². The third-order valence-corrected chi connectivity index (χ3v) is 2.73. The van der Waals surface area contributed by atoms with Gasteiger partial charge in [0.15, 0.2) is 0 Å². The number of hydrogen-bond donors (Lipinski definition) is 2. The highest BCUT2D eigenvalue weighted by atomic mass is 16.4. The summed E-state index contributed by atoms with van der Waals surface area (Å²) in [6.07, 6.45) is 0.748. The number of aliphatic hydroxyl groups excluding tert-OH is 1. The molecule has 0 aliphatic heterocycles. The van der Waals surface area contributed by atoms with E-state index in [-0.39, 0.29) is 31.3 Å². The second kappa shape index (κ2) is 8.06. The van der Waals surface area contributed by atoms with Gasteiger partial charge in [-0.25, -0.2) is 0 Å². The van der Waals surface area contributed by atoms with Crippen LogP contribution in [0, 0.1) is 5.92 Å². The summed E-state index contributed by atoms with van der Waals surface area (Å²) in [5, 5.41) is 18.0. The third kappa shape index (κ3) is 6.26. The maximum atomic E-state index is 12.1. The number of carboxylic acids is 1. The Morgan fingerprint density at radius 3 is 2.12 bits per heavy atom. The van der Waals surface area contributed by atoms with E-state index < -0.39 is 12.1 Å². The first-order chi connectivity index (χ1) is 7.92.